The van der Waals surface area contributed by atoms with Crippen LogP contribution in [-0.2, 0) is 0 Å². The quantitative estimate of drug-likeness (QED) is 0.895. The average molecular weight is 264 g/mol. The summed E-state index contributed by atoms with van der Waals surface area (Å²) in [6, 6.07) is 5.86. The van der Waals surface area contributed by atoms with Gasteiger partial charge in [-0.25, -0.2) is 4.39 Å². The maximum atomic E-state index is 13.5. The number of rotatable bonds is 3. The van der Waals surface area contributed by atoms with Crippen LogP contribution < -0.4 is 10.2 Å². The van der Waals surface area contributed by atoms with Crippen LogP contribution in [0, 0.1) is 11.7 Å². The molecule has 3 unspecified atom stereocenters. The second-order valence-corrected chi connectivity index (χ2v) is 5.77. The van der Waals surface area contributed by atoms with E-state index < -0.39 is 0 Å². The Balaban J connectivity index is 2.37. The van der Waals surface area contributed by atoms with Gasteiger partial charge in [-0.1, -0.05) is 6.92 Å². The zero-order chi connectivity index (χ0) is 14.0. The molecule has 19 heavy (non-hydrogen) atoms. The van der Waals surface area contributed by atoms with E-state index in [1.54, 1.807) is 12.1 Å². The van der Waals surface area contributed by atoms with E-state index in [2.05, 4.69) is 31.0 Å². The third kappa shape index (κ3) is 2.92. The van der Waals surface area contributed by atoms with Crippen LogP contribution in [-0.4, -0.2) is 19.6 Å². The lowest BCUT2D eigenvalue weighted by Crippen LogP contribution is -2.43. The first kappa shape index (κ1) is 14.3. The van der Waals surface area contributed by atoms with Gasteiger partial charge >= 0.3 is 0 Å². The number of hydrogen-bond donors (Lipinski definition) is 1. The van der Waals surface area contributed by atoms with Crippen molar-refractivity contribution >= 4 is 5.69 Å². The Morgan fingerprint density at radius 3 is 2.79 bits per heavy atom. The fourth-order valence-electron chi connectivity index (χ4n) is 2.96. The zero-order valence-electron chi connectivity index (χ0n) is 12.4. The molecule has 3 heteroatoms. The average Bonchev–Trinajstić information content (AvgIpc) is 2.41. The van der Waals surface area contributed by atoms with Crippen molar-refractivity contribution < 1.29 is 4.39 Å². The van der Waals surface area contributed by atoms with Crippen LogP contribution in [0.4, 0.5) is 10.1 Å². The molecule has 1 aliphatic heterocycles. The summed E-state index contributed by atoms with van der Waals surface area (Å²) in [6.45, 7) is 7.74. The van der Waals surface area contributed by atoms with Crippen molar-refractivity contribution in [3.05, 3.63) is 29.6 Å². The number of nitrogens with one attached hydrogen (secondary N) is 1. The Labute approximate surface area is 116 Å². The molecule has 0 saturated carbocycles. The SMILES string of the molecule is CNC(C)c1cc(F)ccc1N1CCCC(C)C1C. The lowest BCUT2D eigenvalue weighted by molar-refractivity contribution is 0.362. The summed E-state index contributed by atoms with van der Waals surface area (Å²) in [5.41, 5.74) is 2.24. The van der Waals surface area contributed by atoms with Crippen molar-refractivity contribution in [3.8, 4) is 0 Å². The molecular weight excluding hydrogens is 239 g/mol. The van der Waals surface area contributed by atoms with Crippen LogP contribution in [0.2, 0.25) is 0 Å². The lowest BCUT2D eigenvalue weighted by Gasteiger charge is -2.41. The minimum Gasteiger partial charge on any atom is -0.368 e. The first-order valence-electron chi connectivity index (χ1n) is 7.28. The molecule has 1 N–H and O–H groups in total. The van der Waals surface area contributed by atoms with E-state index in [-0.39, 0.29) is 11.9 Å². The second-order valence-electron chi connectivity index (χ2n) is 5.77. The van der Waals surface area contributed by atoms with Crippen molar-refractivity contribution in [1.82, 2.24) is 5.32 Å². The standard InChI is InChI=1S/C16H25FN2/c1-11-6-5-9-19(13(11)3)16-8-7-14(17)10-15(16)12(2)18-4/h7-8,10-13,18H,5-6,9H2,1-4H3. The first-order valence-corrected chi connectivity index (χ1v) is 7.28. The Hall–Kier alpha value is -1.09. The summed E-state index contributed by atoms with van der Waals surface area (Å²) in [6.07, 6.45) is 2.51. The van der Waals surface area contributed by atoms with Crippen LogP contribution in [0.25, 0.3) is 0 Å². The van der Waals surface area contributed by atoms with E-state index >= 15 is 0 Å². The summed E-state index contributed by atoms with van der Waals surface area (Å²) in [5.74, 6) is 0.537. The number of nitrogens with zero attached hydrogens (tertiary/aromatic N) is 1. The predicted molar refractivity (Wildman–Crippen MR) is 79.1 cm³/mol. The van der Waals surface area contributed by atoms with Gasteiger partial charge in [0.1, 0.15) is 5.82 Å². The molecule has 0 bridgehead atoms. The second kappa shape index (κ2) is 5.91. The number of benzene rings is 1. The molecule has 3 atom stereocenters. The van der Waals surface area contributed by atoms with Crippen molar-refractivity contribution in [3.63, 3.8) is 0 Å². The third-order valence-electron chi connectivity index (χ3n) is 4.57. The summed E-state index contributed by atoms with van der Waals surface area (Å²) in [5, 5.41) is 3.22. The monoisotopic (exact) mass is 264 g/mol. The van der Waals surface area contributed by atoms with E-state index in [1.807, 2.05) is 13.1 Å². The van der Waals surface area contributed by atoms with Crippen LogP contribution in [0.3, 0.4) is 0 Å². The van der Waals surface area contributed by atoms with Crippen molar-refractivity contribution in [1.29, 1.82) is 0 Å². The smallest absolute Gasteiger partial charge is 0.123 e. The number of anilines is 1. The highest BCUT2D eigenvalue weighted by molar-refractivity contribution is 5.56. The molecular formula is C16H25FN2. The molecule has 2 rings (SSSR count). The molecule has 106 valence electrons. The minimum absolute atomic E-state index is 0.154. The van der Waals surface area contributed by atoms with Gasteiger partial charge in [0, 0.05) is 24.3 Å². The summed E-state index contributed by atoms with van der Waals surface area (Å²) in [7, 11) is 1.92. The van der Waals surface area contributed by atoms with Gasteiger partial charge in [-0.15, -0.1) is 0 Å². The number of halogens is 1. The Bertz CT molecular complexity index is 433. The van der Waals surface area contributed by atoms with E-state index in [0.717, 1.165) is 12.1 Å². The maximum absolute atomic E-state index is 13.5. The highest BCUT2D eigenvalue weighted by Crippen LogP contribution is 2.33. The largest absolute Gasteiger partial charge is 0.368 e. The minimum atomic E-state index is -0.154. The maximum Gasteiger partial charge on any atom is 0.123 e. The number of piperidine rings is 1. The summed E-state index contributed by atoms with van der Waals surface area (Å²) >= 11 is 0. The normalized spacial score (nSPS) is 25.4. The summed E-state index contributed by atoms with van der Waals surface area (Å²) in [4.78, 5) is 2.44. The fraction of sp³-hybridized carbons (Fsp3) is 0.625. The van der Waals surface area contributed by atoms with Crippen LogP contribution in [0.1, 0.15) is 45.2 Å². The van der Waals surface area contributed by atoms with Crippen LogP contribution >= 0.6 is 0 Å². The highest BCUT2D eigenvalue weighted by atomic mass is 19.1. The van der Waals surface area contributed by atoms with Gasteiger partial charge in [0.05, 0.1) is 0 Å². The van der Waals surface area contributed by atoms with E-state index in [0.29, 0.717) is 12.0 Å². The molecule has 0 amide bonds. The Morgan fingerprint density at radius 1 is 1.37 bits per heavy atom. The predicted octanol–water partition coefficient (Wildman–Crippen LogP) is 3.73. The molecule has 1 saturated heterocycles. The molecule has 0 spiro atoms. The fourth-order valence-corrected chi connectivity index (χ4v) is 2.96. The zero-order valence-corrected chi connectivity index (χ0v) is 12.4. The van der Waals surface area contributed by atoms with Gasteiger partial charge in [-0.2, -0.15) is 0 Å². The molecule has 1 aliphatic rings. The Morgan fingerprint density at radius 2 is 2.11 bits per heavy atom. The van der Waals surface area contributed by atoms with E-state index in [4.69, 9.17) is 0 Å². The molecule has 0 aliphatic carbocycles. The third-order valence-corrected chi connectivity index (χ3v) is 4.57. The molecule has 1 aromatic carbocycles. The molecule has 1 aromatic rings. The number of hydrogen-bond acceptors (Lipinski definition) is 2. The van der Waals surface area contributed by atoms with Gasteiger partial charge in [0.25, 0.3) is 0 Å². The highest BCUT2D eigenvalue weighted by Gasteiger charge is 2.27. The van der Waals surface area contributed by atoms with E-state index in [1.165, 1.54) is 18.5 Å². The first-order chi connectivity index (χ1) is 9.04. The van der Waals surface area contributed by atoms with Gasteiger partial charge in [0.2, 0.25) is 0 Å². The van der Waals surface area contributed by atoms with Gasteiger partial charge < -0.3 is 10.2 Å². The summed E-state index contributed by atoms with van der Waals surface area (Å²) < 4.78 is 13.5. The molecule has 0 aromatic heterocycles. The van der Waals surface area contributed by atoms with Crippen LogP contribution in [0.15, 0.2) is 18.2 Å². The lowest BCUT2D eigenvalue weighted by atomic mass is 9.90. The Kier molecular flexibility index (Phi) is 4.46. The topological polar surface area (TPSA) is 15.3 Å². The van der Waals surface area contributed by atoms with E-state index in [9.17, 15) is 4.39 Å². The van der Waals surface area contributed by atoms with Gasteiger partial charge in [0.15, 0.2) is 0 Å². The molecule has 1 fully saturated rings. The molecule has 2 nitrogen and oxygen atoms in total. The van der Waals surface area contributed by atoms with Crippen molar-refractivity contribution in [2.75, 3.05) is 18.5 Å². The van der Waals surface area contributed by atoms with Crippen molar-refractivity contribution in [2.24, 2.45) is 5.92 Å². The van der Waals surface area contributed by atoms with Gasteiger partial charge in [-0.05, 0) is 63.4 Å². The van der Waals surface area contributed by atoms with Crippen molar-refractivity contribution in [2.45, 2.75) is 45.7 Å². The molecule has 1 heterocycles. The molecule has 0 radical (unpaired) electrons. The van der Waals surface area contributed by atoms with Gasteiger partial charge in [-0.3, -0.25) is 0 Å². The van der Waals surface area contributed by atoms with Crippen LogP contribution in [0.5, 0.6) is 0 Å².